The van der Waals surface area contributed by atoms with Crippen molar-refractivity contribution >= 4 is 21.8 Å². The van der Waals surface area contributed by atoms with Gasteiger partial charge in [0.15, 0.2) is 0 Å². The van der Waals surface area contributed by atoms with Gasteiger partial charge in [-0.25, -0.2) is 8.42 Å². The van der Waals surface area contributed by atoms with Crippen molar-refractivity contribution in [3.8, 4) is 11.5 Å². The summed E-state index contributed by atoms with van der Waals surface area (Å²) in [5.41, 5.74) is 0.125. The second-order valence-electron chi connectivity index (χ2n) is 8.13. The van der Waals surface area contributed by atoms with Gasteiger partial charge in [0, 0.05) is 24.7 Å². The number of benzene rings is 2. The van der Waals surface area contributed by atoms with Crippen LogP contribution in [0.3, 0.4) is 0 Å². The van der Waals surface area contributed by atoms with E-state index in [2.05, 4.69) is 5.32 Å². The molecule has 0 spiro atoms. The number of amides is 2. The second kappa shape index (κ2) is 9.80. The van der Waals surface area contributed by atoms with Gasteiger partial charge in [-0.2, -0.15) is 4.31 Å². The SMILES string of the molecule is COc1ccc(CN2C(=O)CN(S(C)(=O)=O)C[C@]2(C)C(=O)NCc2ccccc2)c(OC)c1. The maximum Gasteiger partial charge on any atom is 0.247 e. The molecule has 1 heterocycles. The summed E-state index contributed by atoms with van der Waals surface area (Å²) in [6.45, 7) is 1.41. The molecule has 1 fully saturated rings. The smallest absolute Gasteiger partial charge is 0.247 e. The maximum atomic E-state index is 13.4. The number of hydrogen-bond donors (Lipinski definition) is 1. The second-order valence-corrected chi connectivity index (χ2v) is 10.1. The number of rotatable bonds is 8. The minimum absolute atomic E-state index is 0.0683. The lowest BCUT2D eigenvalue weighted by Gasteiger charge is -2.46. The van der Waals surface area contributed by atoms with Gasteiger partial charge in [-0.05, 0) is 24.6 Å². The highest BCUT2D eigenvalue weighted by atomic mass is 32.2. The van der Waals surface area contributed by atoms with Crippen LogP contribution >= 0.6 is 0 Å². The van der Waals surface area contributed by atoms with Crippen LogP contribution in [-0.4, -0.2) is 68.5 Å². The van der Waals surface area contributed by atoms with E-state index in [0.717, 1.165) is 16.1 Å². The van der Waals surface area contributed by atoms with Crippen molar-refractivity contribution in [3.63, 3.8) is 0 Å². The number of hydrogen-bond acceptors (Lipinski definition) is 6. The van der Waals surface area contributed by atoms with Crippen molar-refractivity contribution < 1.29 is 27.5 Å². The zero-order valence-electron chi connectivity index (χ0n) is 19.2. The van der Waals surface area contributed by atoms with Gasteiger partial charge in [0.1, 0.15) is 17.0 Å². The predicted molar refractivity (Wildman–Crippen MR) is 123 cm³/mol. The number of sulfonamides is 1. The lowest BCUT2D eigenvalue weighted by Crippen LogP contribution is -2.69. The van der Waals surface area contributed by atoms with Crippen molar-refractivity contribution in [2.24, 2.45) is 0 Å². The summed E-state index contributed by atoms with van der Waals surface area (Å²) in [6, 6.07) is 14.5. The molecule has 9 nitrogen and oxygen atoms in total. The highest BCUT2D eigenvalue weighted by Gasteiger charge is 2.49. The number of nitrogens with one attached hydrogen (secondary N) is 1. The number of carbonyl (C=O) groups excluding carboxylic acids is 2. The van der Waals surface area contributed by atoms with E-state index in [0.29, 0.717) is 17.1 Å². The van der Waals surface area contributed by atoms with Crippen molar-refractivity contribution in [2.45, 2.75) is 25.6 Å². The Morgan fingerprint density at radius 2 is 1.82 bits per heavy atom. The molecule has 1 atom stereocenters. The summed E-state index contributed by atoms with van der Waals surface area (Å²) >= 11 is 0. The van der Waals surface area contributed by atoms with Gasteiger partial charge >= 0.3 is 0 Å². The molecule has 1 aliphatic rings. The van der Waals surface area contributed by atoms with Gasteiger partial charge in [0.25, 0.3) is 0 Å². The zero-order chi connectivity index (χ0) is 24.2. The number of methoxy groups -OCH3 is 2. The Kier molecular flexibility index (Phi) is 7.28. The molecule has 1 aliphatic heterocycles. The average molecular weight is 476 g/mol. The van der Waals surface area contributed by atoms with Crippen LogP contribution in [0.4, 0.5) is 0 Å². The van der Waals surface area contributed by atoms with Crippen LogP contribution in [0.5, 0.6) is 11.5 Å². The summed E-state index contributed by atoms with van der Waals surface area (Å²) in [6.07, 6.45) is 1.03. The molecular weight excluding hydrogens is 446 g/mol. The standard InChI is InChI=1S/C23H29N3O6S/c1-23(22(28)24-13-17-8-6-5-7-9-17)16-25(33(4,29)30)15-21(27)26(23)14-18-10-11-19(31-2)12-20(18)32-3/h5-12H,13-16H2,1-4H3,(H,24,28)/t23-/m1/s1. The third-order valence-electron chi connectivity index (χ3n) is 5.77. The summed E-state index contributed by atoms with van der Waals surface area (Å²) in [7, 11) is -0.638. The van der Waals surface area contributed by atoms with E-state index >= 15 is 0 Å². The largest absolute Gasteiger partial charge is 0.497 e. The van der Waals surface area contributed by atoms with Crippen LogP contribution in [0.2, 0.25) is 0 Å². The molecular formula is C23H29N3O6S. The van der Waals surface area contributed by atoms with E-state index < -0.39 is 27.4 Å². The Bertz CT molecular complexity index is 1120. The molecule has 3 rings (SSSR count). The van der Waals surface area contributed by atoms with Gasteiger partial charge in [-0.15, -0.1) is 0 Å². The van der Waals surface area contributed by atoms with E-state index in [1.54, 1.807) is 25.1 Å². The number of carbonyl (C=O) groups is 2. The van der Waals surface area contributed by atoms with E-state index in [4.69, 9.17) is 9.47 Å². The Balaban J connectivity index is 1.93. The third-order valence-corrected chi connectivity index (χ3v) is 6.97. The molecule has 1 saturated heterocycles. The van der Waals surface area contributed by atoms with E-state index in [-0.39, 0.29) is 26.2 Å². The molecule has 10 heteroatoms. The van der Waals surface area contributed by atoms with E-state index in [9.17, 15) is 18.0 Å². The molecule has 0 unspecified atom stereocenters. The topological polar surface area (TPSA) is 105 Å². The van der Waals surface area contributed by atoms with Crippen LogP contribution < -0.4 is 14.8 Å². The Morgan fingerprint density at radius 3 is 2.42 bits per heavy atom. The Morgan fingerprint density at radius 1 is 1.12 bits per heavy atom. The molecule has 178 valence electrons. The van der Waals surface area contributed by atoms with E-state index in [1.807, 2.05) is 30.3 Å². The molecule has 2 aromatic carbocycles. The van der Waals surface area contributed by atoms with Crippen molar-refractivity contribution in [1.82, 2.24) is 14.5 Å². The molecule has 0 aliphatic carbocycles. The first-order valence-electron chi connectivity index (χ1n) is 10.4. The van der Waals surface area contributed by atoms with Gasteiger partial charge < -0.3 is 19.7 Å². The molecule has 0 aromatic heterocycles. The molecule has 2 aromatic rings. The summed E-state index contributed by atoms with van der Waals surface area (Å²) in [5.74, 6) is 0.175. The lowest BCUT2D eigenvalue weighted by molar-refractivity contribution is -0.153. The van der Waals surface area contributed by atoms with Crippen LogP contribution in [-0.2, 0) is 32.7 Å². The van der Waals surface area contributed by atoms with Gasteiger partial charge in [0.2, 0.25) is 21.8 Å². The number of piperazine rings is 1. The predicted octanol–water partition coefficient (Wildman–Crippen LogP) is 1.38. The molecule has 0 saturated carbocycles. The Labute approximate surface area is 194 Å². The molecule has 0 radical (unpaired) electrons. The van der Waals surface area contributed by atoms with Gasteiger partial charge in [-0.3, -0.25) is 9.59 Å². The first-order chi connectivity index (χ1) is 15.6. The third kappa shape index (κ3) is 5.45. The monoisotopic (exact) mass is 475 g/mol. The minimum Gasteiger partial charge on any atom is -0.497 e. The highest BCUT2D eigenvalue weighted by molar-refractivity contribution is 7.88. The molecule has 0 bridgehead atoms. The van der Waals surface area contributed by atoms with Crippen LogP contribution in [0.15, 0.2) is 48.5 Å². The first kappa shape index (κ1) is 24.5. The zero-order valence-corrected chi connectivity index (χ0v) is 20.0. The summed E-state index contributed by atoms with van der Waals surface area (Å²) < 4.78 is 36.2. The Hall–Kier alpha value is -3.11. The van der Waals surface area contributed by atoms with Crippen LogP contribution in [0.25, 0.3) is 0 Å². The first-order valence-corrected chi connectivity index (χ1v) is 12.2. The molecule has 33 heavy (non-hydrogen) atoms. The quantitative estimate of drug-likeness (QED) is 0.619. The van der Waals surface area contributed by atoms with Gasteiger partial charge in [-0.1, -0.05) is 30.3 Å². The summed E-state index contributed by atoms with van der Waals surface area (Å²) in [5, 5.41) is 2.86. The maximum absolute atomic E-state index is 13.4. The minimum atomic E-state index is -3.68. The normalized spacial score (nSPS) is 19.3. The summed E-state index contributed by atoms with van der Waals surface area (Å²) in [4.78, 5) is 28.0. The van der Waals surface area contributed by atoms with Crippen LogP contribution in [0, 0.1) is 0 Å². The van der Waals surface area contributed by atoms with Crippen molar-refractivity contribution in [2.75, 3.05) is 33.6 Å². The van der Waals surface area contributed by atoms with Gasteiger partial charge in [0.05, 0.1) is 33.6 Å². The number of ether oxygens (including phenoxy) is 2. The fraction of sp³-hybridized carbons (Fsp3) is 0.391. The molecule has 2 amide bonds. The lowest BCUT2D eigenvalue weighted by atomic mass is 9.94. The van der Waals surface area contributed by atoms with E-state index in [1.165, 1.54) is 19.1 Å². The fourth-order valence-electron chi connectivity index (χ4n) is 3.81. The van der Waals surface area contributed by atoms with Crippen molar-refractivity contribution in [3.05, 3.63) is 59.7 Å². The van der Waals surface area contributed by atoms with Crippen LogP contribution in [0.1, 0.15) is 18.1 Å². The highest BCUT2D eigenvalue weighted by Crippen LogP contribution is 2.31. The fourth-order valence-corrected chi connectivity index (χ4v) is 4.64. The molecule has 1 N–H and O–H groups in total. The average Bonchev–Trinajstić information content (AvgIpc) is 2.79. The number of nitrogens with zero attached hydrogens (tertiary/aromatic N) is 2. The van der Waals surface area contributed by atoms with Crippen molar-refractivity contribution in [1.29, 1.82) is 0 Å².